The van der Waals surface area contributed by atoms with Gasteiger partial charge in [-0.25, -0.2) is 14.5 Å². The van der Waals surface area contributed by atoms with Crippen LogP contribution >= 0.6 is 11.3 Å². The highest BCUT2D eigenvalue weighted by Gasteiger charge is 2.27. The number of aromatic amines is 1. The summed E-state index contributed by atoms with van der Waals surface area (Å²) in [6.45, 7) is 14.8. The third-order valence-corrected chi connectivity index (χ3v) is 7.82. The van der Waals surface area contributed by atoms with Gasteiger partial charge < -0.3 is 9.64 Å². The number of hydrogen-bond donors (Lipinski definition) is 1. The van der Waals surface area contributed by atoms with Gasteiger partial charge in [-0.2, -0.15) is 10.2 Å². The van der Waals surface area contributed by atoms with Crippen molar-refractivity contribution >= 4 is 17.0 Å². The second-order valence-corrected chi connectivity index (χ2v) is 12.1. The number of fused-ring (bicyclic) bond motifs is 1. The monoisotopic (exact) mass is 493 g/mol. The number of pyridine rings is 1. The Morgan fingerprint density at radius 2 is 1.97 bits per heavy atom. The molecule has 9 heteroatoms. The summed E-state index contributed by atoms with van der Waals surface area (Å²) in [5.41, 5.74) is 5.04. The van der Waals surface area contributed by atoms with Crippen molar-refractivity contribution in [2.75, 3.05) is 26.7 Å². The lowest BCUT2D eigenvalue weighted by Gasteiger charge is -2.35. The van der Waals surface area contributed by atoms with E-state index in [0.717, 1.165) is 47.2 Å². The molecule has 4 aromatic heterocycles. The van der Waals surface area contributed by atoms with Gasteiger partial charge in [0.25, 0.3) is 0 Å². The number of ether oxygens (including phenoxy) is 1. The molecular weight excluding hydrogens is 458 g/mol. The number of H-pyrrole nitrogens is 1. The molecule has 35 heavy (non-hydrogen) atoms. The normalized spacial score (nSPS) is 16.0. The molecule has 5 heterocycles. The maximum absolute atomic E-state index is 5.57. The average Bonchev–Trinajstić information content (AvgIpc) is 3.56. The van der Waals surface area contributed by atoms with Crippen molar-refractivity contribution in [2.45, 2.75) is 59.3 Å². The largest absolute Gasteiger partial charge is 0.493 e. The number of rotatable bonds is 6. The number of aromatic nitrogens is 6. The number of thiazole rings is 1. The van der Waals surface area contributed by atoms with Gasteiger partial charge in [-0.05, 0) is 49.2 Å². The summed E-state index contributed by atoms with van der Waals surface area (Å²) in [7, 11) is 1.65. The van der Waals surface area contributed by atoms with Crippen LogP contribution in [0.3, 0.4) is 0 Å². The minimum absolute atomic E-state index is 0.268. The predicted octanol–water partition coefficient (Wildman–Crippen LogP) is 5.60. The molecule has 1 fully saturated rings. The summed E-state index contributed by atoms with van der Waals surface area (Å²) in [5.74, 6) is 1.53. The van der Waals surface area contributed by atoms with E-state index in [1.54, 1.807) is 23.0 Å². The van der Waals surface area contributed by atoms with Crippen LogP contribution in [-0.2, 0) is 0 Å². The van der Waals surface area contributed by atoms with Gasteiger partial charge in [0.05, 0.1) is 18.5 Å². The van der Waals surface area contributed by atoms with Crippen LogP contribution in [0.15, 0.2) is 24.8 Å². The third-order valence-electron chi connectivity index (χ3n) is 6.64. The van der Waals surface area contributed by atoms with Gasteiger partial charge in [-0.3, -0.25) is 5.10 Å². The number of hydrogen-bond acceptors (Lipinski definition) is 7. The molecule has 1 N–H and O–H groups in total. The number of nitrogens with one attached hydrogen (secondary N) is 1. The van der Waals surface area contributed by atoms with E-state index in [1.165, 1.54) is 24.0 Å². The summed E-state index contributed by atoms with van der Waals surface area (Å²) in [5, 5.41) is 13.4. The summed E-state index contributed by atoms with van der Waals surface area (Å²) < 4.78 is 7.31. The topological polar surface area (TPSA) is 84.2 Å². The number of piperidine rings is 1. The zero-order valence-electron chi connectivity index (χ0n) is 21.5. The minimum atomic E-state index is 0.268. The number of nitrogens with zero attached hydrogens (tertiary/aromatic N) is 6. The van der Waals surface area contributed by atoms with Crippen LogP contribution in [0.5, 0.6) is 5.75 Å². The molecule has 8 nitrogen and oxygen atoms in total. The zero-order chi connectivity index (χ0) is 24.7. The van der Waals surface area contributed by atoms with Crippen LogP contribution in [0.4, 0.5) is 0 Å². The lowest BCUT2D eigenvalue weighted by molar-refractivity contribution is 0.155. The quantitative estimate of drug-likeness (QED) is 0.376. The van der Waals surface area contributed by atoms with E-state index in [0.29, 0.717) is 22.7 Å². The standard InChI is InChI=1S/C26H35N7OS/c1-16(2)21-22(18-11-19(34-6)24-28-15-29-33(24)13-18)30-31-23(21)25-27-12-20(35-25)17-7-9-32(10-8-17)14-26(3,4)5/h11-13,15-17H,7-10,14H2,1-6H3,(H,30,31). The SMILES string of the molecule is COc1cc(-c2n[nH]c(-c3ncc(C4CCN(CC(C)(C)C)CC4)s3)c2C(C)C)cn2ncnc12. The van der Waals surface area contributed by atoms with Crippen molar-refractivity contribution in [3.05, 3.63) is 35.2 Å². The zero-order valence-corrected chi connectivity index (χ0v) is 22.3. The maximum Gasteiger partial charge on any atom is 0.197 e. The fraction of sp³-hybridized carbons (Fsp3) is 0.538. The van der Waals surface area contributed by atoms with Crippen LogP contribution in [0, 0.1) is 5.41 Å². The molecule has 0 amide bonds. The van der Waals surface area contributed by atoms with E-state index >= 15 is 0 Å². The molecule has 0 bridgehead atoms. The van der Waals surface area contributed by atoms with Gasteiger partial charge in [0.1, 0.15) is 11.3 Å². The summed E-state index contributed by atoms with van der Waals surface area (Å²) in [6, 6.07) is 1.98. The van der Waals surface area contributed by atoms with E-state index in [1.807, 2.05) is 12.3 Å². The maximum atomic E-state index is 5.57. The smallest absolute Gasteiger partial charge is 0.197 e. The van der Waals surface area contributed by atoms with E-state index < -0.39 is 0 Å². The van der Waals surface area contributed by atoms with Crippen LogP contribution in [-0.4, -0.2) is 61.4 Å². The Labute approximate surface area is 210 Å². The molecule has 0 radical (unpaired) electrons. The Balaban J connectivity index is 1.42. The third kappa shape index (κ3) is 4.84. The first-order chi connectivity index (χ1) is 16.7. The minimum Gasteiger partial charge on any atom is -0.493 e. The van der Waals surface area contributed by atoms with Crippen LogP contribution < -0.4 is 4.74 Å². The van der Waals surface area contributed by atoms with Crippen LogP contribution in [0.1, 0.15) is 69.7 Å². The molecule has 0 spiro atoms. The van der Waals surface area contributed by atoms with E-state index in [-0.39, 0.29) is 5.92 Å². The first-order valence-corrected chi connectivity index (χ1v) is 13.2. The molecule has 1 aliphatic rings. The Bertz CT molecular complexity index is 1300. The molecule has 5 rings (SSSR count). The summed E-state index contributed by atoms with van der Waals surface area (Å²) in [6.07, 6.45) is 7.96. The van der Waals surface area contributed by atoms with E-state index in [9.17, 15) is 0 Å². The van der Waals surface area contributed by atoms with E-state index in [4.69, 9.17) is 14.8 Å². The van der Waals surface area contributed by atoms with Gasteiger partial charge in [0.15, 0.2) is 11.4 Å². The Morgan fingerprint density at radius 1 is 1.20 bits per heavy atom. The second kappa shape index (κ2) is 9.35. The van der Waals surface area contributed by atoms with Crippen molar-refractivity contribution in [3.63, 3.8) is 0 Å². The van der Waals surface area contributed by atoms with Crippen molar-refractivity contribution < 1.29 is 4.74 Å². The van der Waals surface area contributed by atoms with Crippen molar-refractivity contribution in [1.82, 2.24) is 34.7 Å². The average molecular weight is 494 g/mol. The first-order valence-electron chi connectivity index (χ1n) is 12.4. The highest BCUT2D eigenvalue weighted by atomic mass is 32.1. The second-order valence-electron chi connectivity index (χ2n) is 11.0. The summed E-state index contributed by atoms with van der Waals surface area (Å²) in [4.78, 5) is 13.1. The number of likely N-dealkylation sites (tertiary alicyclic amines) is 1. The predicted molar refractivity (Wildman–Crippen MR) is 140 cm³/mol. The van der Waals surface area contributed by atoms with Gasteiger partial charge in [0.2, 0.25) is 0 Å². The van der Waals surface area contributed by atoms with Gasteiger partial charge in [-0.15, -0.1) is 11.3 Å². The molecule has 0 unspecified atom stereocenters. The highest BCUT2D eigenvalue weighted by molar-refractivity contribution is 7.15. The molecule has 0 saturated carbocycles. The number of methoxy groups -OCH3 is 1. The Hall–Kier alpha value is -2.78. The Kier molecular flexibility index (Phi) is 6.40. The highest BCUT2D eigenvalue weighted by Crippen LogP contribution is 2.40. The van der Waals surface area contributed by atoms with Gasteiger partial charge >= 0.3 is 0 Å². The lowest BCUT2D eigenvalue weighted by Crippen LogP contribution is -2.38. The van der Waals surface area contributed by atoms with Crippen molar-refractivity contribution in [1.29, 1.82) is 0 Å². The fourth-order valence-electron chi connectivity index (χ4n) is 5.11. The van der Waals surface area contributed by atoms with Crippen molar-refractivity contribution in [3.8, 4) is 27.7 Å². The molecule has 0 atom stereocenters. The van der Waals surface area contributed by atoms with E-state index in [2.05, 4.69) is 60.9 Å². The summed E-state index contributed by atoms with van der Waals surface area (Å²) >= 11 is 1.81. The fourth-order valence-corrected chi connectivity index (χ4v) is 6.20. The molecule has 0 aliphatic carbocycles. The van der Waals surface area contributed by atoms with Gasteiger partial charge in [0, 0.05) is 34.9 Å². The molecule has 4 aromatic rings. The molecule has 0 aromatic carbocycles. The molecule has 186 valence electrons. The van der Waals surface area contributed by atoms with Crippen LogP contribution in [0.25, 0.3) is 27.6 Å². The molecule has 1 saturated heterocycles. The Morgan fingerprint density at radius 3 is 2.66 bits per heavy atom. The van der Waals surface area contributed by atoms with Crippen molar-refractivity contribution in [2.24, 2.45) is 5.41 Å². The molecular formula is C26H35N7OS. The van der Waals surface area contributed by atoms with Crippen LogP contribution in [0.2, 0.25) is 0 Å². The lowest BCUT2D eigenvalue weighted by atomic mass is 9.91. The first kappa shape index (κ1) is 23.9. The van der Waals surface area contributed by atoms with Gasteiger partial charge in [-0.1, -0.05) is 34.6 Å². The molecule has 1 aliphatic heterocycles.